The summed E-state index contributed by atoms with van der Waals surface area (Å²) in [4.78, 5) is 26.3. The van der Waals surface area contributed by atoms with Crippen LogP contribution in [0.4, 0.5) is 5.82 Å². The first-order valence-electron chi connectivity index (χ1n) is 11.5. The Balaban J connectivity index is 1.15. The molecule has 6 nitrogen and oxygen atoms in total. The third-order valence-corrected chi connectivity index (χ3v) is 6.79. The van der Waals surface area contributed by atoms with Crippen molar-refractivity contribution in [2.75, 3.05) is 24.6 Å². The van der Waals surface area contributed by atoms with Crippen molar-refractivity contribution in [3.63, 3.8) is 0 Å². The Bertz CT molecular complexity index is 1190. The molecule has 2 bridgehead atoms. The molecule has 2 aliphatic heterocycles. The SMILES string of the molecule is C#Cc1ccc(N2C3CCC2CN(C(=O)CCOCc2ccc(C)c4ncccc24)C3)nc1. The zero-order valence-electron chi connectivity index (χ0n) is 18.9. The number of aryl methyl sites for hydroxylation is 1. The van der Waals surface area contributed by atoms with Gasteiger partial charge in [0.05, 0.1) is 25.2 Å². The first-order chi connectivity index (χ1) is 16.1. The lowest BCUT2D eigenvalue weighted by Gasteiger charge is -2.41. The van der Waals surface area contributed by atoms with Gasteiger partial charge in [0, 0.05) is 48.5 Å². The molecule has 2 unspecified atom stereocenters. The zero-order valence-corrected chi connectivity index (χ0v) is 18.9. The minimum atomic E-state index is 0.164. The van der Waals surface area contributed by atoms with E-state index in [9.17, 15) is 4.79 Å². The normalized spacial score (nSPS) is 19.6. The van der Waals surface area contributed by atoms with Gasteiger partial charge in [-0.15, -0.1) is 6.42 Å². The van der Waals surface area contributed by atoms with Gasteiger partial charge in [0.15, 0.2) is 0 Å². The number of fused-ring (bicyclic) bond motifs is 3. The molecule has 5 rings (SSSR count). The van der Waals surface area contributed by atoms with Crippen LogP contribution in [0.25, 0.3) is 10.9 Å². The van der Waals surface area contributed by atoms with Gasteiger partial charge in [0.1, 0.15) is 5.82 Å². The molecular formula is C27H28N4O2. The molecule has 0 N–H and O–H groups in total. The molecule has 2 fully saturated rings. The van der Waals surface area contributed by atoms with E-state index in [1.165, 1.54) is 0 Å². The number of hydrogen-bond acceptors (Lipinski definition) is 5. The highest BCUT2D eigenvalue weighted by Gasteiger charge is 2.41. The third-order valence-electron chi connectivity index (χ3n) is 6.79. The van der Waals surface area contributed by atoms with Gasteiger partial charge in [-0.1, -0.05) is 24.1 Å². The van der Waals surface area contributed by atoms with E-state index >= 15 is 0 Å². The smallest absolute Gasteiger partial charge is 0.225 e. The molecule has 33 heavy (non-hydrogen) atoms. The number of anilines is 1. The number of amides is 1. The van der Waals surface area contributed by atoms with Gasteiger partial charge in [-0.25, -0.2) is 4.98 Å². The number of nitrogens with zero attached hydrogens (tertiary/aromatic N) is 4. The topological polar surface area (TPSA) is 58.6 Å². The molecule has 3 aromatic rings. The van der Waals surface area contributed by atoms with Crippen molar-refractivity contribution in [2.45, 2.75) is 44.9 Å². The molecule has 2 atom stereocenters. The largest absolute Gasteiger partial charge is 0.376 e. The summed E-state index contributed by atoms with van der Waals surface area (Å²) in [6.45, 7) is 4.44. The molecule has 168 valence electrons. The Morgan fingerprint density at radius 2 is 1.97 bits per heavy atom. The predicted octanol–water partition coefficient (Wildman–Crippen LogP) is 3.71. The number of ether oxygens (including phenoxy) is 1. The minimum Gasteiger partial charge on any atom is -0.376 e. The molecule has 0 radical (unpaired) electrons. The molecule has 6 heteroatoms. The first kappa shape index (κ1) is 21.4. The van der Waals surface area contributed by atoms with Crippen LogP contribution in [0.2, 0.25) is 0 Å². The Morgan fingerprint density at radius 1 is 1.15 bits per heavy atom. The average molecular weight is 441 g/mol. The summed E-state index contributed by atoms with van der Waals surface area (Å²) < 4.78 is 5.90. The van der Waals surface area contributed by atoms with Crippen LogP contribution in [0, 0.1) is 19.3 Å². The average Bonchev–Trinajstić information content (AvgIpc) is 3.11. The highest BCUT2D eigenvalue weighted by molar-refractivity contribution is 5.84. The second-order valence-corrected chi connectivity index (χ2v) is 8.88. The number of likely N-dealkylation sites (tertiary alicyclic amines) is 1. The number of piperazine rings is 1. The molecule has 0 aliphatic carbocycles. The number of pyridine rings is 2. The predicted molar refractivity (Wildman–Crippen MR) is 129 cm³/mol. The van der Waals surface area contributed by atoms with E-state index in [0.717, 1.165) is 59.3 Å². The molecule has 0 saturated carbocycles. The van der Waals surface area contributed by atoms with E-state index in [2.05, 4.69) is 45.9 Å². The maximum atomic E-state index is 12.9. The molecule has 0 spiro atoms. The number of hydrogen-bond donors (Lipinski definition) is 0. The summed E-state index contributed by atoms with van der Waals surface area (Å²) in [5.74, 6) is 3.73. The lowest BCUT2D eigenvalue weighted by Crippen LogP contribution is -2.55. The lowest BCUT2D eigenvalue weighted by atomic mass is 10.1. The fourth-order valence-corrected chi connectivity index (χ4v) is 5.10. The number of aromatic nitrogens is 2. The summed E-state index contributed by atoms with van der Waals surface area (Å²) in [5.41, 5.74) is 4.05. The molecular weight excluding hydrogens is 412 g/mol. The van der Waals surface area contributed by atoms with Gasteiger partial charge < -0.3 is 14.5 Å². The van der Waals surface area contributed by atoms with Crippen LogP contribution in [0.3, 0.4) is 0 Å². The van der Waals surface area contributed by atoms with E-state index in [-0.39, 0.29) is 5.91 Å². The van der Waals surface area contributed by atoms with Crippen LogP contribution in [0.5, 0.6) is 0 Å². The summed E-state index contributed by atoms with van der Waals surface area (Å²) in [5, 5.41) is 1.11. The molecule has 4 heterocycles. The Hall–Kier alpha value is -3.43. The van der Waals surface area contributed by atoms with Crippen molar-refractivity contribution >= 4 is 22.6 Å². The van der Waals surface area contributed by atoms with Crippen molar-refractivity contribution in [3.8, 4) is 12.3 Å². The van der Waals surface area contributed by atoms with Crippen molar-refractivity contribution in [2.24, 2.45) is 0 Å². The summed E-state index contributed by atoms with van der Waals surface area (Å²) >= 11 is 0. The fourth-order valence-electron chi connectivity index (χ4n) is 5.10. The van der Waals surface area contributed by atoms with Crippen LogP contribution in [-0.2, 0) is 16.1 Å². The van der Waals surface area contributed by atoms with Crippen LogP contribution < -0.4 is 4.90 Å². The Morgan fingerprint density at radius 3 is 2.70 bits per heavy atom. The van der Waals surface area contributed by atoms with Gasteiger partial charge in [-0.2, -0.15) is 0 Å². The van der Waals surface area contributed by atoms with Gasteiger partial charge in [-0.05, 0) is 49.1 Å². The van der Waals surface area contributed by atoms with Crippen LogP contribution >= 0.6 is 0 Å². The second-order valence-electron chi connectivity index (χ2n) is 8.88. The van der Waals surface area contributed by atoms with Crippen molar-refractivity contribution in [1.82, 2.24) is 14.9 Å². The van der Waals surface area contributed by atoms with Crippen LogP contribution in [0.15, 0.2) is 48.8 Å². The van der Waals surface area contributed by atoms with Gasteiger partial charge in [0.25, 0.3) is 0 Å². The van der Waals surface area contributed by atoms with Crippen LogP contribution in [0.1, 0.15) is 36.0 Å². The Labute approximate surface area is 194 Å². The number of carbonyl (C=O) groups excluding carboxylic acids is 1. The molecule has 1 aromatic carbocycles. The minimum absolute atomic E-state index is 0.164. The number of rotatable bonds is 6. The van der Waals surface area contributed by atoms with Gasteiger partial charge in [0.2, 0.25) is 5.91 Å². The van der Waals surface area contributed by atoms with Gasteiger partial charge in [-0.3, -0.25) is 9.78 Å². The number of carbonyl (C=O) groups is 1. The number of benzene rings is 1. The third kappa shape index (κ3) is 4.29. The standard InChI is InChI=1S/C27H28N4O2/c1-3-20-7-11-25(29-15-20)31-22-9-10-23(31)17-30(16-22)26(32)12-14-33-18-21-8-6-19(2)27-24(21)5-4-13-28-27/h1,4-8,11,13,15,22-23H,9-10,12,14,16-18H2,2H3. The number of terminal acetylenes is 1. The molecule has 2 aromatic heterocycles. The highest BCUT2D eigenvalue weighted by Crippen LogP contribution is 2.34. The zero-order chi connectivity index (χ0) is 22.8. The van der Waals surface area contributed by atoms with Crippen LogP contribution in [-0.4, -0.2) is 52.6 Å². The molecule has 2 aliphatic rings. The second kappa shape index (κ2) is 9.21. The van der Waals surface area contributed by atoms with E-state index in [4.69, 9.17) is 11.2 Å². The lowest BCUT2D eigenvalue weighted by molar-refractivity contribution is -0.133. The summed E-state index contributed by atoms with van der Waals surface area (Å²) in [6, 6.07) is 12.7. The maximum Gasteiger partial charge on any atom is 0.225 e. The summed E-state index contributed by atoms with van der Waals surface area (Å²) in [7, 11) is 0. The van der Waals surface area contributed by atoms with E-state index in [1.807, 2.05) is 29.3 Å². The van der Waals surface area contributed by atoms with Crippen molar-refractivity contribution in [3.05, 3.63) is 65.5 Å². The Kier molecular flexibility index (Phi) is 5.97. The summed E-state index contributed by atoms with van der Waals surface area (Å²) in [6.07, 6.45) is 11.6. The highest BCUT2D eigenvalue weighted by atomic mass is 16.5. The molecule has 2 saturated heterocycles. The van der Waals surface area contributed by atoms with E-state index in [0.29, 0.717) is 31.7 Å². The quantitative estimate of drug-likeness (QED) is 0.432. The van der Waals surface area contributed by atoms with Gasteiger partial charge >= 0.3 is 0 Å². The molecule has 1 amide bonds. The van der Waals surface area contributed by atoms with E-state index in [1.54, 1.807) is 6.20 Å². The maximum absolute atomic E-state index is 12.9. The van der Waals surface area contributed by atoms with E-state index < -0.39 is 0 Å². The monoisotopic (exact) mass is 440 g/mol. The van der Waals surface area contributed by atoms with Crippen molar-refractivity contribution < 1.29 is 9.53 Å². The fraction of sp³-hybridized carbons (Fsp3) is 0.370. The first-order valence-corrected chi connectivity index (χ1v) is 11.5. The van der Waals surface area contributed by atoms with Crippen molar-refractivity contribution in [1.29, 1.82) is 0 Å².